The average molecular weight is 463 g/mol. The minimum atomic E-state index is -0.481. The van der Waals surface area contributed by atoms with Gasteiger partial charge >= 0.3 is 0 Å². The summed E-state index contributed by atoms with van der Waals surface area (Å²) in [4.78, 5) is 0. The molecule has 0 spiro atoms. The fraction of sp³-hybridized carbons (Fsp3) is 0.538. The van der Waals surface area contributed by atoms with Crippen LogP contribution in [-0.4, -0.2) is 31.5 Å². The van der Waals surface area contributed by atoms with Gasteiger partial charge in [-0.25, -0.2) is 0 Å². The Kier molecular flexibility index (Phi) is 4.73. The van der Waals surface area contributed by atoms with Gasteiger partial charge in [0.15, 0.2) is 11.5 Å². The molecule has 2 heterocycles. The van der Waals surface area contributed by atoms with Crippen molar-refractivity contribution in [1.82, 2.24) is 10.2 Å². The van der Waals surface area contributed by atoms with E-state index in [0.717, 1.165) is 53.8 Å². The fourth-order valence-corrected chi connectivity index (χ4v) is 7.73. The van der Waals surface area contributed by atoms with Crippen LogP contribution in [0.4, 0.5) is 0 Å². The van der Waals surface area contributed by atoms with Crippen LogP contribution in [0.25, 0.3) is 0 Å². The number of hydrogen-bond donors (Lipinski definition) is 2. The lowest BCUT2D eigenvalue weighted by Gasteiger charge is -2.56. The van der Waals surface area contributed by atoms with Gasteiger partial charge in [-0.15, -0.1) is 5.10 Å². The molecule has 8 nitrogen and oxygen atoms in total. The second kappa shape index (κ2) is 7.59. The van der Waals surface area contributed by atoms with Gasteiger partial charge in [0.25, 0.3) is 0 Å². The molecule has 1 aromatic heterocycles. The zero-order valence-electron chi connectivity index (χ0n) is 19.8. The molecule has 5 aliphatic rings. The highest BCUT2D eigenvalue weighted by Gasteiger charge is 2.54. The van der Waals surface area contributed by atoms with Gasteiger partial charge in [-0.05, 0) is 62.3 Å². The number of nitriles is 1. The largest absolute Gasteiger partial charge is 0.493 e. The van der Waals surface area contributed by atoms with Crippen LogP contribution in [0.1, 0.15) is 61.3 Å². The number of hydrogen-bond acceptors (Lipinski definition) is 7. The lowest BCUT2D eigenvalue weighted by atomic mass is 9.48. The van der Waals surface area contributed by atoms with Crippen LogP contribution in [0.3, 0.4) is 0 Å². The van der Waals surface area contributed by atoms with Crippen LogP contribution in [0, 0.1) is 29.1 Å². The Morgan fingerprint density at radius 1 is 1.03 bits per heavy atom. The SMILES string of the molecule is COc1ccc([C@@H]2C(C#N)=C(N)Oc3n[nH]c(C45CC6CC(CC(C6)C4)C5)c32)c(OC)c1OC. The molecule has 4 saturated carbocycles. The third-order valence-electron chi connectivity index (χ3n) is 8.55. The molecule has 1 atom stereocenters. The van der Waals surface area contributed by atoms with Gasteiger partial charge in [0, 0.05) is 16.7 Å². The van der Waals surface area contributed by atoms with Gasteiger partial charge in [0.1, 0.15) is 11.6 Å². The van der Waals surface area contributed by atoms with Gasteiger partial charge in [0.2, 0.25) is 17.5 Å². The van der Waals surface area contributed by atoms with E-state index in [9.17, 15) is 5.26 Å². The number of nitrogens with zero attached hydrogens (tertiary/aromatic N) is 2. The van der Waals surface area contributed by atoms with Crippen LogP contribution >= 0.6 is 0 Å². The minimum Gasteiger partial charge on any atom is -0.493 e. The molecule has 178 valence electrons. The number of H-pyrrole nitrogens is 1. The zero-order chi connectivity index (χ0) is 23.6. The number of benzene rings is 1. The summed E-state index contributed by atoms with van der Waals surface area (Å²) in [5.74, 6) is 3.87. The zero-order valence-corrected chi connectivity index (χ0v) is 19.8. The van der Waals surface area contributed by atoms with Crippen LogP contribution in [-0.2, 0) is 5.41 Å². The molecular formula is C26H30N4O4. The molecule has 0 amide bonds. The maximum absolute atomic E-state index is 10.2. The maximum atomic E-state index is 10.2. The number of aromatic amines is 1. The highest BCUT2D eigenvalue weighted by molar-refractivity contribution is 5.64. The smallest absolute Gasteiger partial charge is 0.244 e. The first-order valence-electron chi connectivity index (χ1n) is 12.0. The molecule has 0 radical (unpaired) electrons. The van der Waals surface area contributed by atoms with Crippen molar-refractivity contribution in [2.24, 2.45) is 23.5 Å². The molecule has 7 rings (SSSR count). The maximum Gasteiger partial charge on any atom is 0.244 e. The summed E-state index contributed by atoms with van der Waals surface area (Å²) in [7, 11) is 4.76. The Hall–Kier alpha value is -3.34. The summed E-state index contributed by atoms with van der Waals surface area (Å²) in [5.41, 5.74) is 9.41. The van der Waals surface area contributed by atoms with Crippen LogP contribution < -0.4 is 24.7 Å². The van der Waals surface area contributed by atoms with Crippen molar-refractivity contribution in [1.29, 1.82) is 5.26 Å². The lowest BCUT2D eigenvalue weighted by Crippen LogP contribution is -2.49. The molecule has 4 bridgehead atoms. The van der Waals surface area contributed by atoms with Crippen molar-refractivity contribution in [3.8, 4) is 29.2 Å². The molecule has 8 heteroatoms. The van der Waals surface area contributed by atoms with Crippen molar-refractivity contribution in [3.63, 3.8) is 0 Å². The molecule has 1 aliphatic heterocycles. The first kappa shape index (κ1) is 21.2. The number of fused-ring (bicyclic) bond motifs is 1. The third kappa shape index (κ3) is 2.85. The van der Waals surface area contributed by atoms with E-state index >= 15 is 0 Å². The van der Waals surface area contributed by atoms with Crippen molar-refractivity contribution in [3.05, 3.63) is 40.4 Å². The van der Waals surface area contributed by atoms with Crippen LogP contribution in [0.5, 0.6) is 23.1 Å². The third-order valence-corrected chi connectivity index (χ3v) is 8.55. The molecule has 4 aliphatic carbocycles. The lowest BCUT2D eigenvalue weighted by molar-refractivity contribution is -0.00768. The normalized spacial score (nSPS) is 31.0. The number of methoxy groups -OCH3 is 3. The second-order valence-corrected chi connectivity index (χ2v) is 10.4. The van der Waals surface area contributed by atoms with Gasteiger partial charge in [-0.2, -0.15) is 5.26 Å². The summed E-state index contributed by atoms with van der Waals surface area (Å²) in [6, 6.07) is 6.06. The van der Waals surface area contributed by atoms with E-state index in [1.807, 2.05) is 12.1 Å². The Morgan fingerprint density at radius 3 is 2.24 bits per heavy atom. The summed E-state index contributed by atoms with van der Waals surface area (Å²) in [6.45, 7) is 0. The van der Waals surface area contributed by atoms with Gasteiger partial charge in [0.05, 0.1) is 32.8 Å². The van der Waals surface area contributed by atoms with Gasteiger partial charge in [-0.1, -0.05) is 6.07 Å². The molecule has 0 saturated heterocycles. The number of nitrogens with two attached hydrogens (primary N) is 1. The summed E-state index contributed by atoms with van der Waals surface area (Å²) in [6.07, 6.45) is 7.50. The quantitative estimate of drug-likeness (QED) is 0.687. The fourth-order valence-electron chi connectivity index (χ4n) is 7.73. The molecular weight excluding hydrogens is 432 g/mol. The Labute approximate surface area is 199 Å². The standard InChI is InChI=1S/C26H30N4O4/c1-31-18-5-4-16(21(32-2)22(18)33-3)19-17(12-27)24(28)34-25-20(19)23(29-30-25)26-9-13-6-14(10-26)8-15(7-13)11-26/h4-5,13-15,19H,6-11,28H2,1-3H3,(H,29,30)/t13?,14?,15?,19-,26?/m1/s1. The van der Waals surface area contributed by atoms with E-state index in [2.05, 4.69) is 16.3 Å². The van der Waals surface area contributed by atoms with E-state index in [-0.39, 0.29) is 11.3 Å². The Balaban J connectivity index is 1.56. The van der Waals surface area contributed by atoms with Crippen molar-refractivity contribution < 1.29 is 18.9 Å². The predicted octanol–water partition coefficient (Wildman–Crippen LogP) is 4.12. The second-order valence-electron chi connectivity index (χ2n) is 10.4. The van der Waals surface area contributed by atoms with Crippen molar-refractivity contribution >= 4 is 0 Å². The molecule has 1 aromatic carbocycles. The molecule has 34 heavy (non-hydrogen) atoms. The molecule has 3 N–H and O–H groups in total. The topological polar surface area (TPSA) is 115 Å². The summed E-state index contributed by atoms with van der Waals surface area (Å²) >= 11 is 0. The Bertz CT molecular complexity index is 1190. The predicted molar refractivity (Wildman–Crippen MR) is 124 cm³/mol. The van der Waals surface area contributed by atoms with E-state index in [1.165, 1.54) is 19.3 Å². The first-order chi connectivity index (χ1) is 16.5. The Morgan fingerprint density at radius 2 is 1.68 bits per heavy atom. The van der Waals surface area contributed by atoms with Gasteiger partial charge in [-0.3, -0.25) is 5.10 Å². The van der Waals surface area contributed by atoms with E-state index < -0.39 is 5.92 Å². The number of aromatic nitrogens is 2. The van der Waals surface area contributed by atoms with Crippen LogP contribution in [0.15, 0.2) is 23.6 Å². The average Bonchev–Trinajstić information content (AvgIpc) is 3.25. The van der Waals surface area contributed by atoms with Gasteiger partial charge < -0.3 is 24.7 Å². The number of rotatable bonds is 5. The molecule has 0 unspecified atom stereocenters. The number of nitrogens with one attached hydrogen (secondary N) is 1. The summed E-state index contributed by atoms with van der Waals surface area (Å²) in [5, 5.41) is 18.1. The monoisotopic (exact) mass is 462 g/mol. The van der Waals surface area contributed by atoms with Crippen molar-refractivity contribution in [2.45, 2.75) is 49.9 Å². The molecule has 4 fully saturated rings. The number of ether oxygens (including phenoxy) is 4. The summed E-state index contributed by atoms with van der Waals surface area (Å²) < 4.78 is 22.9. The van der Waals surface area contributed by atoms with E-state index in [1.54, 1.807) is 21.3 Å². The van der Waals surface area contributed by atoms with Crippen LogP contribution in [0.2, 0.25) is 0 Å². The van der Waals surface area contributed by atoms with E-state index in [0.29, 0.717) is 28.7 Å². The molecule has 2 aromatic rings. The first-order valence-corrected chi connectivity index (χ1v) is 12.0. The van der Waals surface area contributed by atoms with Crippen molar-refractivity contribution in [2.75, 3.05) is 21.3 Å². The minimum absolute atomic E-state index is 0.0351. The highest BCUT2D eigenvalue weighted by Crippen LogP contribution is 2.62. The highest BCUT2D eigenvalue weighted by atomic mass is 16.5. The van der Waals surface area contributed by atoms with E-state index in [4.69, 9.17) is 24.7 Å². The number of allylic oxidation sites excluding steroid dienone is 1.